The van der Waals surface area contributed by atoms with Crippen LogP contribution in [0.5, 0.6) is 11.5 Å². The van der Waals surface area contributed by atoms with E-state index in [-0.39, 0.29) is 12.5 Å². The van der Waals surface area contributed by atoms with Crippen LogP contribution in [0.2, 0.25) is 0 Å². The molecule has 0 aliphatic carbocycles. The van der Waals surface area contributed by atoms with E-state index in [1.165, 1.54) is 0 Å². The van der Waals surface area contributed by atoms with Gasteiger partial charge in [-0.2, -0.15) is 0 Å². The minimum Gasteiger partial charge on any atom is -0.497 e. The van der Waals surface area contributed by atoms with Gasteiger partial charge in [-0.1, -0.05) is 18.2 Å². The average molecular weight is 349 g/mol. The standard InChI is InChI=1S/C20H19N3O3/c1-25-17-8-7-14-11-15-9-10-23(20(15)21-18(14)12-17)22-19(24)13-26-16-5-3-2-4-6-16/h2-8,11-12H,9-10,13H2,1H3,(H,22,24). The molecule has 132 valence electrons. The van der Waals surface area contributed by atoms with Crippen molar-refractivity contribution in [3.05, 3.63) is 60.2 Å². The molecular weight excluding hydrogens is 330 g/mol. The molecule has 1 aliphatic rings. The highest BCUT2D eigenvalue weighted by Gasteiger charge is 2.23. The molecule has 0 unspecified atom stereocenters. The van der Waals surface area contributed by atoms with E-state index >= 15 is 0 Å². The second kappa shape index (κ2) is 6.92. The summed E-state index contributed by atoms with van der Waals surface area (Å²) < 4.78 is 10.8. The van der Waals surface area contributed by atoms with Gasteiger partial charge in [0.05, 0.1) is 12.6 Å². The molecule has 4 rings (SSSR count). The van der Waals surface area contributed by atoms with Gasteiger partial charge in [0.25, 0.3) is 5.91 Å². The zero-order chi connectivity index (χ0) is 17.9. The Labute approximate surface area is 151 Å². The molecule has 0 spiro atoms. The van der Waals surface area contributed by atoms with Crippen molar-refractivity contribution in [1.29, 1.82) is 0 Å². The second-order valence-electron chi connectivity index (χ2n) is 6.07. The normalized spacial score (nSPS) is 12.7. The lowest BCUT2D eigenvalue weighted by molar-refractivity contribution is -0.123. The van der Waals surface area contributed by atoms with E-state index in [1.54, 1.807) is 12.1 Å². The SMILES string of the molecule is COc1ccc2cc3c(nc2c1)N(NC(=O)COc1ccccc1)CC3. The summed E-state index contributed by atoms with van der Waals surface area (Å²) >= 11 is 0. The van der Waals surface area contributed by atoms with Crippen LogP contribution in [0.4, 0.5) is 5.82 Å². The lowest BCUT2D eigenvalue weighted by atomic mass is 10.1. The molecule has 0 atom stereocenters. The summed E-state index contributed by atoms with van der Waals surface area (Å²) in [7, 11) is 1.63. The van der Waals surface area contributed by atoms with Crippen molar-refractivity contribution in [3.63, 3.8) is 0 Å². The van der Waals surface area contributed by atoms with Gasteiger partial charge in [0.15, 0.2) is 12.4 Å². The fourth-order valence-corrected chi connectivity index (χ4v) is 3.02. The van der Waals surface area contributed by atoms with Crippen molar-refractivity contribution in [2.24, 2.45) is 0 Å². The number of carbonyl (C=O) groups is 1. The van der Waals surface area contributed by atoms with Crippen molar-refractivity contribution in [3.8, 4) is 11.5 Å². The number of para-hydroxylation sites is 1. The van der Waals surface area contributed by atoms with Crippen LogP contribution < -0.4 is 19.9 Å². The number of benzene rings is 2. The molecule has 0 fully saturated rings. The highest BCUT2D eigenvalue weighted by molar-refractivity contribution is 5.85. The van der Waals surface area contributed by atoms with Crippen LogP contribution in [-0.4, -0.2) is 31.2 Å². The molecule has 6 heteroatoms. The Bertz CT molecular complexity index is 944. The molecule has 1 amide bonds. The van der Waals surface area contributed by atoms with E-state index in [4.69, 9.17) is 14.5 Å². The van der Waals surface area contributed by atoms with Gasteiger partial charge in [-0.3, -0.25) is 15.2 Å². The lowest BCUT2D eigenvalue weighted by Crippen LogP contribution is -2.43. The van der Waals surface area contributed by atoms with E-state index in [2.05, 4.69) is 11.5 Å². The summed E-state index contributed by atoms with van der Waals surface area (Å²) in [6.07, 6.45) is 0.837. The number of nitrogens with zero attached hydrogens (tertiary/aromatic N) is 2. The maximum Gasteiger partial charge on any atom is 0.276 e. The molecule has 2 heterocycles. The van der Waals surface area contributed by atoms with Gasteiger partial charge in [-0.15, -0.1) is 0 Å². The largest absolute Gasteiger partial charge is 0.497 e. The summed E-state index contributed by atoms with van der Waals surface area (Å²) in [5, 5.41) is 2.84. The number of anilines is 1. The Morgan fingerprint density at radius 1 is 1.15 bits per heavy atom. The Morgan fingerprint density at radius 3 is 2.81 bits per heavy atom. The summed E-state index contributed by atoms with van der Waals surface area (Å²) in [4.78, 5) is 16.9. The summed E-state index contributed by atoms with van der Waals surface area (Å²) in [6, 6.07) is 17.2. The number of hydrazine groups is 1. The van der Waals surface area contributed by atoms with Gasteiger partial charge < -0.3 is 9.47 Å². The molecular formula is C20H19N3O3. The summed E-state index contributed by atoms with van der Waals surface area (Å²) in [5.74, 6) is 1.99. The van der Waals surface area contributed by atoms with Crippen LogP contribution in [0.15, 0.2) is 54.6 Å². The lowest BCUT2D eigenvalue weighted by Gasteiger charge is -2.19. The highest BCUT2D eigenvalue weighted by atomic mass is 16.5. The number of hydrogen-bond donors (Lipinski definition) is 1. The molecule has 0 saturated carbocycles. The highest BCUT2D eigenvalue weighted by Crippen LogP contribution is 2.29. The monoisotopic (exact) mass is 349 g/mol. The Morgan fingerprint density at radius 2 is 2.00 bits per heavy atom. The van der Waals surface area contributed by atoms with Gasteiger partial charge in [0, 0.05) is 18.0 Å². The minimum atomic E-state index is -0.214. The van der Waals surface area contributed by atoms with E-state index < -0.39 is 0 Å². The number of methoxy groups -OCH3 is 1. The van der Waals surface area contributed by atoms with Crippen molar-refractivity contribution >= 4 is 22.6 Å². The number of rotatable bonds is 5. The first kappa shape index (κ1) is 16.2. The molecule has 26 heavy (non-hydrogen) atoms. The number of hydrogen-bond acceptors (Lipinski definition) is 5. The van der Waals surface area contributed by atoms with Crippen molar-refractivity contribution in [2.75, 3.05) is 25.3 Å². The molecule has 3 aromatic rings. The molecule has 1 aliphatic heterocycles. The predicted octanol–water partition coefficient (Wildman–Crippen LogP) is 2.72. The number of fused-ring (bicyclic) bond motifs is 2. The van der Waals surface area contributed by atoms with Gasteiger partial charge >= 0.3 is 0 Å². The second-order valence-corrected chi connectivity index (χ2v) is 6.07. The number of amides is 1. The molecule has 0 radical (unpaired) electrons. The average Bonchev–Trinajstić information content (AvgIpc) is 3.06. The summed E-state index contributed by atoms with van der Waals surface area (Å²) in [5.41, 5.74) is 4.83. The predicted molar refractivity (Wildman–Crippen MR) is 99.4 cm³/mol. The first-order valence-corrected chi connectivity index (χ1v) is 8.45. The fourth-order valence-electron chi connectivity index (χ4n) is 3.02. The first-order chi connectivity index (χ1) is 12.7. The topological polar surface area (TPSA) is 63.7 Å². The first-order valence-electron chi connectivity index (χ1n) is 8.45. The Balaban J connectivity index is 1.48. The van der Waals surface area contributed by atoms with Crippen molar-refractivity contribution in [2.45, 2.75) is 6.42 Å². The molecule has 1 N–H and O–H groups in total. The van der Waals surface area contributed by atoms with E-state index in [0.29, 0.717) is 12.3 Å². The molecule has 0 bridgehead atoms. The minimum absolute atomic E-state index is 0.0444. The van der Waals surface area contributed by atoms with Crippen LogP contribution in [0.25, 0.3) is 10.9 Å². The van der Waals surface area contributed by atoms with Crippen LogP contribution in [0.3, 0.4) is 0 Å². The Kier molecular flexibility index (Phi) is 4.31. The third-order valence-corrected chi connectivity index (χ3v) is 4.31. The molecule has 2 aromatic carbocycles. The van der Waals surface area contributed by atoms with Crippen molar-refractivity contribution in [1.82, 2.24) is 10.4 Å². The maximum absolute atomic E-state index is 12.2. The molecule has 1 aromatic heterocycles. The summed E-state index contributed by atoms with van der Waals surface area (Å²) in [6.45, 7) is 0.643. The number of aromatic nitrogens is 1. The third kappa shape index (κ3) is 3.26. The van der Waals surface area contributed by atoms with E-state index in [9.17, 15) is 4.79 Å². The number of carbonyl (C=O) groups excluding carboxylic acids is 1. The van der Waals surface area contributed by atoms with Crippen LogP contribution in [0.1, 0.15) is 5.56 Å². The van der Waals surface area contributed by atoms with Gasteiger partial charge in [0.2, 0.25) is 0 Å². The molecule has 0 saturated heterocycles. The van der Waals surface area contributed by atoms with Crippen LogP contribution in [-0.2, 0) is 11.2 Å². The van der Waals surface area contributed by atoms with Gasteiger partial charge in [0.1, 0.15) is 11.5 Å². The Hall–Kier alpha value is -3.28. The van der Waals surface area contributed by atoms with Gasteiger partial charge in [-0.25, -0.2) is 4.98 Å². The third-order valence-electron chi connectivity index (χ3n) is 4.31. The van der Waals surface area contributed by atoms with Crippen molar-refractivity contribution < 1.29 is 14.3 Å². The zero-order valence-corrected chi connectivity index (χ0v) is 14.4. The van der Waals surface area contributed by atoms with E-state index in [0.717, 1.165) is 34.5 Å². The zero-order valence-electron chi connectivity index (χ0n) is 14.4. The smallest absolute Gasteiger partial charge is 0.276 e. The quantitative estimate of drug-likeness (QED) is 0.767. The number of ether oxygens (including phenoxy) is 2. The van der Waals surface area contributed by atoms with Gasteiger partial charge in [-0.05, 0) is 42.3 Å². The number of nitrogens with one attached hydrogen (secondary N) is 1. The fraction of sp³-hybridized carbons (Fsp3) is 0.200. The number of pyridine rings is 1. The van der Waals surface area contributed by atoms with Crippen LogP contribution >= 0.6 is 0 Å². The van der Waals surface area contributed by atoms with Crippen LogP contribution in [0, 0.1) is 0 Å². The van der Waals surface area contributed by atoms with E-state index in [1.807, 2.05) is 48.5 Å². The maximum atomic E-state index is 12.2. The molecule has 6 nitrogen and oxygen atoms in total.